The van der Waals surface area contributed by atoms with E-state index in [4.69, 9.17) is 12.2 Å². The normalized spacial score (nSPS) is 10.8. The Labute approximate surface area is 130 Å². The predicted molar refractivity (Wildman–Crippen MR) is 91.8 cm³/mol. The molecule has 110 valence electrons. The van der Waals surface area contributed by atoms with E-state index in [1.54, 1.807) is 14.0 Å². The number of nitrogens with zero attached hydrogens (tertiary/aromatic N) is 1. The van der Waals surface area contributed by atoms with E-state index in [2.05, 4.69) is 37.7 Å². The van der Waals surface area contributed by atoms with Gasteiger partial charge in [0.2, 0.25) is 0 Å². The number of nitrogens with one attached hydrogen (secondary N) is 2. The maximum atomic E-state index is 11.3. The number of hydrogen-bond acceptors (Lipinski definition) is 2. The second-order valence-electron chi connectivity index (χ2n) is 5.71. The van der Waals surface area contributed by atoms with E-state index in [0.717, 1.165) is 5.69 Å². The summed E-state index contributed by atoms with van der Waals surface area (Å²) >= 11 is 3.21. The molecule has 0 saturated carbocycles. The average molecular weight is 400 g/mol. The molecule has 2 N–H and O–H groups in total. The molecule has 1 rings (SSSR count). The Morgan fingerprint density at radius 2 is 2.00 bits per heavy atom. The maximum absolute atomic E-state index is 11.3. The number of anilines is 1. The van der Waals surface area contributed by atoms with E-state index in [0.29, 0.717) is 11.5 Å². The van der Waals surface area contributed by atoms with Crippen LogP contribution in [0.3, 0.4) is 0 Å². The summed E-state index contributed by atoms with van der Waals surface area (Å²) in [6.45, 7) is 1.81. The molecular formula is C14H23N3OSSn. The zero-order chi connectivity index (χ0) is 15.3. The van der Waals surface area contributed by atoms with Crippen molar-refractivity contribution in [1.82, 2.24) is 10.4 Å². The summed E-state index contributed by atoms with van der Waals surface area (Å²) in [5.74, 6) is -0.0590. The van der Waals surface area contributed by atoms with E-state index in [1.807, 2.05) is 12.1 Å². The second-order valence-corrected chi connectivity index (χ2v) is 20.6. The van der Waals surface area contributed by atoms with Gasteiger partial charge in [0.15, 0.2) is 0 Å². The second kappa shape index (κ2) is 7.26. The van der Waals surface area contributed by atoms with Crippen LogP contribution in [0.25, 0.3) is 0 Å². The van der Waals surface area contributed by atoms with E-state index < -0.39 is 18.4 Å². The molecule has 1 aromatic rings. The number of benzene rings is 1. The molecule has 0 bridgehead atoms. The topological polar surface area (TPSA) is 44.4 Å². The van der Waals surface area contributed by atoms with Crippen LogP contribution in [0.1, 0.15) is 13.3 Å². The molecule has 0 spiro atoms. The van der Waals surface area contributed by atoms with Crippen molar-refractivity contribution in [3.63, 3.8) is 0 Å². The van der Waals surface area contributed by atoms with E-state index in [-0.39, 0.29) is 5.91 Å². The van der Waals surface area contributed by atoms with Crippen molar-refractivity contribution in [3.05, 3.63) is 24.3 Å². The molecule has 6 heteroatoms. The van der Waals surface area contributed by atoms with Crippen molar-refractivity contribution in [3.8, 4) is 0 Å². The number of thiocarbonyl (C=S) groups is 1. The molecule has 20 heavy (non-hydrogen) atoms. The van der Waals surface area contributed by atoms with Crippen molar-refractivity contribution < 1.29 is 4.79 Å². The first-order valence-electron chi connectivity index (χ1n) is 6.68. The summed E-state index contributed by atoms with van der Waals surface area (Å²) < 4.78 is 1.44. The van der Waals surface area contributed by atoms with Gasteiger partial charge in [0, 0.05) is 0 Å². The summed E-state index contributed by atoms with van der Waals surface area (Å²) in [6.07, 6.45) is 0.431. The third kappa shape index (κ3) is 5.28. The zero-order valence-corrected chi connectivity index (χ0v) is 16.5. The molecule has 0 aliphatic heterocycles. The fraction of sp³-hybridized carbons (Fsp3) is 0.429. The van der Waals surface area contributed by atoms with Crippen molar-refractivity contribution >= 4 is 50.9 Å². The van der Waals surface area contributed by atoms with Crippen LogP contribution in [0.5, 0.6) is 0 Å². The molecule has 1 aromatic carbocycles. The van der Waals surface area contributed by atoms with Crippen molar-refractivity contribution in [1.29, 1.82) is 0 Å². The minimum absolute atomic E-state index is 0.0590. The Morgan fingerprint density at radius 1 is 1.35 bits per heavy atom. The summed E-state index contributed by atoms with van der Waals surface area (Å²) in [6, 6.07) is 8.39. The van der Waals surface area contributed by atoms with Crippen molar-refractivity contribution in [2.75, 3.05) is 12.4 Å². The fourth-order valence-electron chi connectivity index (χ4n) is 1.59. The molecule has 0 atom stereocenters. The summed E-state index contributed by atoms with van der Waals surface area (Å²) in [4.78, 5) is 18.5. The molecule has 0 aliphatic rings. The molecule has 0 fully saturated rings. The standard InChI is InChI=1S/C11H14N3OS.3CH3.Sn/c1-3-10(15)13-14(2)11(16)12-9-7-5-4-6-8-9;;;;/h4-5,7-8H,3H2,1-2H3,(H,12,16)(H,13,15);3*1H3;. The van der Waals surface area contributed by atoms with Gasteiger partial charge >= 0.3 is 131 Å². The van der Waals surface area contributed by atoms with Gasteiger partial charge in [0.25, 0.3) is 0 Å². The van der Waals surface area contributed by atoms with Crippen LogP contribution >= 0.6 is 12.2 Å². The number of carbonyl (C=O) groups is 1. The fourth-order valence-corrected chi connectivity index (χ4v) is 5.13. The molecule has 0 aliphatic carbocycles. The number of rotatable bonds is 3. The SMILES string of the molecule is CCC(=O)NN(C)C(=S)Nc1ccc[c]([Sn]([CH3])([CH3])[CH3])c1. The van der Waals surface area contributed by atoms with Crippen LogP contribution in [0, 0.1) is 0 Å². The van der Waals surface area contributed by atoms with Gasteiger partial charge in [-0.1, -0.05) is 0 Å². The number of carbonyl (C=O) groups excluding carboxylic acids is 1. The van der Waals surface area contributed by atoms with Crippen molar-refractivity contribution in [2.45, 2.75) is 28.2 Å². The van der Waals surface area contributed by atoms with Gasteiger partial charge in [-0.05, 0) is 0 Å². The average Bonchev–Trinajstić information content (AvgIpc) is 2.37. The molecule has 0 heterocycles. The first kappa shape index (κ1) is 17.2. The van der Waals surface area contributed by atoms with Gasteiger partial charge in [-0.2, -0.15) is 0 Å². The molecule has 4 nitrogen and oxygen atoms in total. The third-order valence-corrected chi connectivity index (χ3v) is 9.11. The Kier molecular flexibility index (Phi) is 6.26. The van der Waals surface area contributed by atoms with Crippen molar-refractivity contribution in [2.24, 2.45) is 0 Å². The van der Waals surface area contributed by atoms with Crippen LogP contribution in [0.2, 0.25) is 14.8 Å². The Bertz CT molecular complexity index is 499. The number of hydrazine groups is 1. The summed E-state index contributed by atoms with van der Waals surface area (Å²) in [7, 11) is 1.73. The van der Waals surface area contributed by atoms with Gasteiger partial charge in [0.1, 0.15) is 0 Å². The van der Waals surface area contributed by atoms with Gasteiger partial charge in [-0.15, -0.1) is 0 Å². The predicted octanol–water partition coefficient (Wildman–Crippen LogP) is 2.30. The van der Waals surface area contributed by atoms with Gasteiger partial charge < -0.3 is 0 Å². The number of hydrogen-bond donors (Lipinski definition) is 2. The Morgan fingerprint density at radius 3 is 2.55 bits per heavy atom. The van der Waals surface area contributed by atoms with Gasteiger partial charge in [-0.25, -0.2) is 0 Å². The number of amides is 1. The Balaban J connectivity index is 2.73. The van der Waals surface area contributed by atoms with Crippen LogP contribution < -0.4 is 14.3 Å². The third-order valence-electron chi connectivity index (χ3n) is 2.90. The quantitative estimate of drug-likeness (QED) is 0.465. The van der Waals surface area contributed by atoms with Crippen LogP contribution in [0.15, 0.2) is 24.3 Å². The van der Waals surface area contributed by atoms with E-state index in [9.17, 15) is 4.79 Å². The van der Waals surface area contributed by atoms with Gasteiger partial charge in [-0.3, -0.25) is 0 Å². The first-order valence-corrected chi connectivity index (χ1v) is 17.1. The van der Waals surface area contributed by atoms with E-state index in [1.165, 1.54) is 8.59 Å². The first-order chi connectivity index (χ1) is 9.24. The van der Waals surface area contributed by atoms with E-state index >= 15 is 0 Å². The van der Waals surface area contributed by atoms with Crippen LogP contribution in [-0.2, 0) is 4.79 Å². The summed E-state index contributed by atoms with van der Waals surface area (Å²) in [5.41, 5.74) is 3.67. The summed E-state index contributed by atoms with van der Waals surface area (Å²) in [5, 5.41) is 5.18. The molecular weight excluding hydrogens is 377 g/mol. The molecule has 0 radical (unpaired) electrons. The molecule has 0 aromatic heterocycles. The molecule has 0 saturated heterocycles. The van der Waals surface area contributed by atoms with Gasteiger partial charge in [0.05, 0.1) is 0 Å². The zero-order valence-electron chi connectivity index (χ0n) is 12.8. The molecule has 1 amide bonds. The molecule has 0 unspecified atom stereocenters. The Hall–Kier alpha value is -0.821. The monoisotopic (exact) mass is 401 g/mol. The minimum atomic E-state index is -2.07. The van der Waals surface area contributed by atoms with Crippen LogP contribution in [0.4, 0.5) is 5.69 Å². The van der Waals surface area contributed by atoms with Crippen LogP contribution in [-0.4, -0.2) is 41.5 Å².